The van der Waals surface area contributed by atoms with Crippen LogP contribution in [0, 0.1) is 17.8 Å². The van der Waals surface area contributed by atoms with Crippen LogP contribution in [0.5, 0.6) is 0 Å². The molecule has 1 heterocycles. The van der Waals surface area contributed by atoms with Crippen molar-refractivity contribution in [2.45, 2.75) is 83.8 Å². The molecule has 0 aromatic heterocycles. The van der Waals surface area contributed by atoms with Gasteiger partial charge in [-0.05, 0) is 49.9 Å². The van der Waals surface area contributed by atoms with Crippen LogP contribution in [-0.2, 0) is 4.79 Å². The lowest BCUT2D eigenvalue weighted by Gasteiger charge is -2.30. The normalized spacial score (nSPS) is 35.0. The van der Waals surface area contributed by atoms with Gasteiger partial charge in [-0.3, -0.25) is 10.1 Å². The second kappa shape index (κ2) is 5.91. The number of rotatable bonds is 5. The monoisotopic (exact) mass is 292 g/mol. The lowest BCUT2D eigenvalue weighted by molar-refractivity contribution is -0.131. The van der Waals surface area contributed by atoms with Gasteiger partial charge in [0, 0.05) is 6.54 Å². The molecule has 0 aromatic rings. The van der Waals surface area contributed by atoms with Crippen LogP contribution in [0.15, 0.2) is 0 Å². The summed E-state index contributed by atoms with van der Waals surface area (Å²) >= 11 is 0. The Kier molecular flexibility index (Phi) is 4.31. The number of carbonyl (C=O) groups is 1. The summed E-state index contributed by atoms with van der Waals surface area (Å²) in [5, 5.41) is 3.65. The second-order valence-electron chi connectivity index (χ2n) is 8.30. The first-order chi connectivity index (χ1) is 10.00. The maximum Gasteiger partial charge on any atom is 0.244 e. The summed E-state index contributed by atoms with van der Waals surface area (Å²) < 4.78 is 0. The Morgan fingerprint density at radius 1 is 1.33 bits per heavy atom. The SMILES string of the molecule is CC(C)CC1NC2(CC2)C(=O)N1CCC1CCCC(C)C1. The summed E-state index contributed by atoms with van der Waals surface area (Å²) in [7, 11) is 0. The highest BCUT2D eigenvalue weighted by Gasteiger charge is 2.58. The fourth-order valence-corrected chi connectivity index (χ4v) is 4.39. The van der Waals surface area contributed by atoms with Crippen molar-refractivity contribution in [3.8, 4) is 0 Å². The zero-order valence-corrected chi connectivity index (χ0v) is 14.0. The molecule has 1 amide bonds. The topological polar surface area (TPSA) is 32.3 Å². The van der Waals surface area contributed by atoms with Crippen LogP contribution in [0.25, 0.3) is 0 Å². The molecule has 2 aliphatic carbocycles. The summed E-state index contributed by atoms with van der Waals surface area (Å²) in [4.78, 5) is 14.9. The fraction of sp³-hybridized carbons (Fsp3) is 0.944. The van der Waals surface area contributed by atoms with Crippen LogP contribution in [-0.4, -0.2) is 29.1 Å². The molecule has 3 fully saturated rings. The summed E-state index contributed by atoms with van der Waals surface area (Å²) in [6.07, 6.45) is 10.2. The van der Waals surface area contributed by atoms with E-state index >= 15 is 0 Å². The van der Waals surface area contributed by atoms with E-state index in [0.29, 0.717) is 18.0 Å². The molecule has 3 atom stereocenters. The molecule has 1 aliphatic heterocycles. The minimum Gasteiger partial charge on any atom is -0.326 e. The molecular formula is C18H32N2O. The van der Waals surface area contributed by atoms with E-state index in [1.807, 2.05) is 0 Å². The van der Waals surface area contributed by atoms with Crippen molar-refractivity contribution < 1.29 is 4.79 Å². The number of carbonyl (C=O) groups excluding carboxylic acids is 1. The first-order valence-electron chi connectivity index (χ1n) is 9.09. The van der Waals surface area contributed by atoms with Gasteiger partial charge in [0.25, 0.3) is 0 Å². The number of nitrogens with zero attached hydrogens (tertiary/aromatic N) is 1. The zero-order chi connectivity index (χ0) is 15.0. The van der Waals surface area contributed by atoms with Gasteiger partial charge in [-0.2, -0.15) is 0 Å². The van der Waals surface area contributed by atoms with Crippen LogP contribution in [0.1, 0.15) is 72.1 Å². The predicted octanol–water partition coefficient (Wildman–Crippen LogP) is 3.54. The zero-order valence-electron chi connectivity index (χ0n) is 14.0. The van der Waals surface area contributed by atoms with Crippen molar-refractivity contribution in [1.82, 2.24) is 10.2 Å². The fourth-order valence-electron chi connectivity index (χ4n) is 4.39. The van der Waals surface area contributed by atoms with Crippen molar-refractivity contribution in [3.63, 3.8) is 0 Å². The second-order valence-corrected chi connectivity index (χ2v) is 8.30. The highest BCUT2D eigenvalue weighted by Crippen LogP contribution is 2.43. The van der Waals surface area contributed by atoms with E-state index in [-0.39, 0.29) is 5.54 Å². The van der Waals surface area contributed by atoms with Crippen LogP contribution >= 0.6 is 0 Å². The van der Waals surface area contributed by atoms with E-state index < -0.39 is 0 Å². The molecular weight excluding hydrogens is 260 g/mol. The average Bonchev–Trinajstić information content (AvgIpc) is 3.13. The number of amides is 1. The Morgan fingerprint density at radius 3 is 2.71 bits per heavy atom. The molecule has 3 rings (SSSR count). The minimum absolute atomic E-state index is 0.139. The van der Waals surface area contributed by atoms with Crippen LogP contribution in [0.2, 0.25) is 0 Å². The third-order valence-electron chi connectivity index (χ3n) is 5.76. The van der Waals surface area contributed by atoms with Gasteiger partial charge in [-0.1, -0.05) is 40.0 Å². The highest BCUT2D eigenvalue weighted by molar-refractivity contribution is 5.91. The standard InChI is InChI=1S/C18H32N2O/c1-13(2)11-16-19-18(8-9-18)17(21)20(16)10-7-15-6-4-5-14(3)12-15/h13-16,19H,4-12H2,1-3H3. The highest BCUT2D eigenvalue weighted by atomic mass is 16.2. The van der Waals surface area contributed by atoms with Crippen molar-refractivity contribution in [1.29, 1.82) is 0 Å². The Bertz CT molecular complexity index is 389. The lowest BCUT2D eigenvalue weighted by Crippen LogP contribution is -2.39. The molecule has 0 bridgehead atoms. The molecule has 3 aliphatic rings. The lowest BCUT2D eigenvalue weighted by atomic mass is 9.81. The molecule has 2 saturated carbocycles. The molecule has 3 unspecified atom stereocenters. The molecule has 21 heavy (non-hydrogen) atoms. The van der Waals surface area contributed by atoms with Gasteiger partial charge in [-0.25, -0.2) is 0 Å². The van der Waals surface area contributed by atoms with Crippen LogP contribution in [0.3, 0.4) is 0 Å². The van der Waals surface area contributed by atoms with Gasteiger partial charge in [0.05, 0.1) is 11.7 Å². The smallest absolute Gasteiger partial charge is 0.244 e. The van der Waals surface area contributed by atoms with Gasteiger partial charge in [0.1, 0.15) is 0 Å². The number of hydrogen-bond acceptors (Lipinski definition) is 2. The van der Waals surface area contributed by atoms with E-state index in [0.717, 1.165) is 37.6 Å². The Hall–Kier alpha value is -0.570. The molecule has 1 N–H and O–H groups in total. The average molecular weight is 292 g/mol. The van der Waals surface area contributed by atoms with Gasteiger partial charge >= 0.3 is 0 Å². The van der Waals surface area contributed by atoms with E-state index in [9.17, 15) is 4.79 Å². The van der Waals surface area contributed by atoms with Gasteiger partial charge < -0.3 is 4.90 Å². The summed E-state index contributed by atoms with van der Waals surface area (Å²) in [6, 6.07) is 0. The molecule has 3 heteroatoms. The first kappa shape index (κ1) is 15.3. The van der Waals surface area contributed by atoms with Gasteiger partial charge in [0.15, 0.2) is 0 Å². The Balaban J connectivity index is 1.57. The Morgan fingerprint density at radius 2 is 2.10 bits per heavy atom. The van der Waals surface area contributed by atoms with E-state index in [2.05, 4.69) is 31.0 Å². The molecule has 120 valence electrons. The van der Waals surface area contributed by atoms with Crippen LogP contribution in [0.4, 0.5) is 0 Å². The minimum atomic E-state index is -0.139. The maximum absolute atomic E-state index is 12.7. The molecule has 1 saturated heterocycles. The summed E-state index contributed by atoms with van der Waals surface area (Å²) in [6.45, 7) is 7.87. The number of nitrogens with one attached hydrogen (secondary N) is 1. The molecule has 1 spiro atoms. The summed E-state index contributed by atoms with van der Waals surface area (Å²) in [5.41, 5.74) is -0.139. The van der Waals surface area contributed by atoms with E-state index in [1.165, 1.54) is 32.1 Å². The third-order valence-corrected chi connectivity index (χ3v) is 5.76. The molecule has 3 nitrogen and oxygen atoms in total. The van der Waals surface area contributed by atoms with E-state index in [1.54, 1.807) is 0 Å². The van der Waals surface area contributed by atoms with Crippen molar-refractivity contribution in [2.75, 3.05) is 6.54 Å². The van der Waals surface area contributed by atoms with Crippen molar-refractivity contribution in [2.24, 2.45) is 17.8 Å². The van der Waals surface area contributed by atoms with Crippen molar-refractivity contribution in [3.05, 3.63) is 0 Å². The predicted molar refractivity (Wildman–Crippen MR) is 85.8 cm³/mol. The number of hydrogen-bond donors (Lipinski definition) is 1. The quantitative estimate of drug-likeness (QED) is 0.840. The first-order valence-corrected chi connectivity index (χ1v) is 9.09. The molecule has 0 radical (unpaired) electrons. The maximum atomic E-state index is 12.7. The van der Waals surface area contributed by atoms with E-state index in [4.69, 9.17) is 0 Å². The van der Waals surface area contributed by atoms with Gasteiger partial charge in [0.2, 0.25) is 5.91 Å². The van der Waals surface area contributed by atoms with Crippen LogP contribution < -0.4 is 5.32 Å². The summed E-state index contributed by atoms with van der Waals surface area (Å²) in [5.74, 6) is 2.77. The largest absolute Gasteiger partial charge is 0.326 e. The van der Waals surface area contributed by atoms with Crippen molar-refractivity contribution >= 4 is 5.91 Å². The van der Waals surface area contributed by atoms with Gasteiger partial charge in [-0.15, -0.1) is 0 Å². The Labute approximate surface area is 129 Å². The molecule has 0 aromatic carbocycles. The third kappa shape index (κ3) is 3.28.